The van der Waals surface area contributed by atoms with E-state index in [9.17, 15) is 4.79 Å². The van der Waals surface area contributed by atoms with Gasteiger partial charge >= 0.3 is 5.97 Å². The van der Waals surface area contributed by atoms with Gasteiger partial charge in [-0.1, -0.05) is 19.1 Å². The van der Waals surface area contributed by atoms with Gasteiger partial charge in [0.2, 0.25) is 0 Å². The molecule has 0 bridgehead atoms. The first kappa shape index (κ1) is 9.68. The van der Waals surface area contributed by atoms with Gasteiger partial charge in [0.25, 0.3) is 0 Å². The van der Waals surface area contributed by atoms with Crippen LogP contribution in [0.1, 0.15) is 13.3 Å². The summed E-state index contributed by atoms with van der Waals surface area (Å²) in [6.45, 7) is 2.02. The van der Waals surface area contributed by atoms with Crippen LogP contribution >= 0.6 is 22.6 Å². The Kier molecular flexibility index (Phi) is 5.29. The molecule has 1 N–H and O–H groups in total. The van der Waals surface area contributed by atoms with Crippen LogP contribution in [0.3, 0.4) is 0 Å². The molecule has 0 aliphatic rings. The minimum atomic E-state index is -0.906. The highest BCUT2D eigenvalue weighted by atomic mass is 127. The van der Waals surface area contributed by atoms with Crippen LogP contribution < -0.4 is 0 Å². The summed E-state index contributed by atoms with van der Waals surface area (Å²) < 4.78 is 1.15. The van der Waals surface area contributed by atoms with E-state index in [1.54, 1.807) is 6.08 Å². The molecule has 0 rings (SSSR count). The summed E-state index contributed by atoms with van der Waals surface area (Å²) in [6, 6.07) is 0. The standard InChI is InChI=1S/C7H9IO2/c1-2-6(8)4-3-5-7(9)10/h3-5H,2H2,1H3,(H,9,10). The molecule has 0 aromatic rings. The van der Waals surface area contributed by atoms with E-state index in [-0.39, 0.29) is 0 Å². The zero-order valence-corrected chi connectivity index (χ0v) is 7.83. The van der Waals surface area contributed by atoms with Crippen molar-refractivity contribution in [1.82, 2.24) is 0 Å². The molecule has 56 valence electrons. The molecule has 10 heavy (non-hydrogen) atoms. The van der Waals surface area contributed by atoms with Gasteiger partial charge in [-0.2, -0.15) is 0 Å². The highest BCUT2D eigenvalue weighted by Crippen LogP contribution is 2.09. The fourth-order valence-corrected chi connectivity index (χ4v) is 0.560. The van der Waals surface area contributed by atoms with Crippen molar-refractivity contribution in [3.63, 3.8) is 0 Å². The number of hydrogen-bond donors (Lipinski definition) is 1. The van der Waals surface area contributed by atoms with Crippen molar-refractivity contribution in [1.29, 1.82) is 0 Å². The van der Waals surface area contributed by atoms with E-state index in [4.69, 9.17) is 5.11 Å². The van der Waals surface area contributed by atoms with E-state index >= 15 is 0 Å². The molecule has 0 fully saturated rings. The lowest BCUT2D eigenvalue weighted by Crippen LogP contribution is -1.84. The van der Waals surface area contributed by atoms with Crippen molar-refractivity contribution in [3.8, 4) is 0 Å². The smallest absolute Gasteiger partial charge is 0.328 e. The summed E-state index contributed by atoms with van der Waals surface area (Å²) in [7, 11) is 0. The molecule has 0 spiro atoms. The maximum Gasteiger partial charge on any atom is 0.328 e. The monoisotopic (exact) mass is 252 g/mol. The van der Waals surface area contributed by atoms with E-state index in [0.29, 0.717) is 0 Å². The van der Waals surface area contributed by atoms with E-state index < -0.39 is 5.97 Å². The molecule has 0 aliphatic heterocycles. The third-order valence-corrected chi connectivity index (χ3v) is 1.98. The largest absolute Gasteiger partial charge is 0.478 e. The van der Waals surface area contributed by atoms with E-state index in [0.717, 1.165) is 16.1 Å². The molecule has 3 heteroatoms. The Morgan fingerprint density at radius 1 is 1.70 bits per heavy atom. The van der Waals surface area contributed by atoms with E-state index in [1.165, 1.54) is 6.08 Å². The molecule has 0 atom stereocenters. The van der Waals surface area contributed by atoms with Crippen molar-refractivity contribution >= 4 is 28.6 Å². The zero-order valence-electron chi connectivity index (χ0n) is 5.67. The highest BCUT2D eigenvalue weighted by molar-refractivity contribution is 14.1. The second kappa shape index (κ2) is 5.46. The Balaban J connectivity index is 3.82. The number of rotatable bonds is 3. The van der Waals surface area contributed by atoms with Gasteiger partial charge in [0, 0.05) is 6.08 Å². The first-order chi connectivity index (χ1) is 4.66. The van der Waals surface area contributed by atoms with E-state index in [1.807, 2.05) is 6.92 Å². The van der Waals surface area contributed by atoms with Gasteiger partial charge in [0.15, 0.2) is 0 Å². The lowest BCUT2D eigenvalue weighted by Gasteiger charge is -1.85. The SMILES string of the molecule is CCC(I)=CC=CC(=O)O. The van der Waals surface area contributed by atoms with Crippen LogP contribution in [0, 0.1) is 0 Å². The number of allylic oxidation sites excluding steroid dienone is 3. The maximum absolute atomic E-state index is 9.95. The Labute approximate surface area is 73.8 Å². The fourth-order valence-electron chi connectivity index (χ4n) is 0.353. The Morgan fingerprint density at radius 3 is 2.70 bits per heavy atom. The predicted molar refractivity (Wildman–Crippen MR) is 49.2 cm³/mol. The third-order valence-electron chi connectivity index (χ3n) is 0.854. The first-order valence-corrected chi connectivity index (χ1v) is 4.00. The van der Waals surface area contributed by atoms with Gasteiger partial charge in [0.05, 0.1) is 0 Å². The third kappa shape index (κ3) is 5.81. The summed E-state index contributed by atoms with van der Waals surface area (Å²) in [5, 5.41) is 8.18. The molecule has 0 aromatic carbocycles. The Morgan fingerprint density at radius 2 is 2.30 bits per heavy atom. The van der Waals surface area contributed by atoms with Crippen LogP contribution in [0.4, 0.5) is 0 Å². The number of hydrogen-bond acceptors (Lipinski definition) is 1. The second-order valence-electron chi connectivity index (χ2n) is 1.66. The number of carboxylic acids is 1. The molecule has 0 saturated carbocycles. The van der Waals surface area contributed by atoms with Crippen LogP contribution in [0.5, 0.6) is 0 Å². The topological polar surface area (TPSA) is 37.3 Å². The number of halogens is 1. The molecule has 0 radical (unpaired) electrons. The summed E-state index contributed by atoms with van der Waals surface area (Å²) in [6.07, 6.45) is 5.39. The summed E-state index contributed by atoms with van der Waals surface area (Å²) >= 11 is 2.17. The summed E-state index contributed by atoms with van der Waals surface area (Å²) in [5.74, 6) is -0.906. The maximum atomic E-state index is 9.95. The van der Waals surface area contributed by atoms with Gasteiger partial charge in [-0.05, 0) is 32.6 Å². The molecular weight excluding hydrogens is 243 g/mol. The number of carboxylic acid groups (broad SMARTS) is 1. The average Bonchev–Trinajstić information content (AvgIpc) is 1.87. The van der Waals surface area contributed by atoms with Gasteiger partial charge in [-0.15, -0.1) is 0 Å². The summed E-state index contributed by atoms with van der Waals surface area (Å²) in [4.78, 5) is 9.95. The van der Waals surface area contributed by atoms with Crippen molar-refractivity contribution in [3.05, 3.63) is 21.8 Å². The number of carbonyl (C=O) groups is 1. The Bertz CT molecular complexity index is 170. The first-order valence-electron chi connectivity index (χ1n) is 2.92. The minimum Gasteiger partial charge on any atom is -0.478 e. The highest BCUT2D eigenvalue weighted by Gasteiger charge is 1.83. The van der Waals surface area contributed by atoms with Crippen LogP contribution in [-0.4, -0.2) is 11.1 Å². The normalized spacial score (nSPS) is 12.4. The molecule has 0 amide bonds. The van der Waals surface area contributed by atoms with Gasteiger partial charge in [-0.25, -0.2) is 4.79 Å². The van der Waals surface area contributed by atoms with Gasteiger partial charge in [-0.3, -0.25) is 0 Å². The minimum absolute atomic E-state index is 0.906. The van der Waals surface area contributed by atoms with Crippen LogP contribution in [-0.2, 0) is 4.79 Å². The van der Waals surface area contributed by atoms with Crippen molar-refractivity contribution in [2.75, 3.05) is 0 Å². The molecule has 2 nitrogen and oxygen atoms in total. The molecule has 0 saturated heterocycles. The summed E-state index contributed by atoms with van der Waals surface area (Å²) in [5.41, 5.74) is 0. The quantitative estimate of drug-likeness (QED) is 0.475. The second-order valence-corrected chi connectivity index (χ2v) is 3.05. The molecule has 0 aromatic heterocycles. The molecule has 0 aliphatic carbocycles. The van der Waals surface area contributed by atoms with Crippen LogP contribution in [0.15, 0.2) is 21.8 Å². The molecular formula is C7H9IO2. The zero-order chi connectivity index (χ0) is 7.98. The average molecular weight is 252 g/mol. The van der Waals surface area contributed by atoms with E-state index in [2.05, 4.69) is 22.6 Å². The lowest BCUT2D eigenvalue weighted by atomic mass is 10.4. The van der Waals surface area contributed by atoms with Gasteiger partial charge < -0.3 is 5.11 Å². The molecule has 0 unspecified atom stereocenters. The fraction of sp³-hybridized carbons (Fsp3) is 0.286. The van der Waals surface area contributed by atoms with Gasteiger partial charge in [0.1, 0.15) is 0 Å². The lowest BCUT2D eigenvalue weighted by molar-refractivity contribution is -0.131. The van der Waals surface area contributed by atoms with Crippen molar-refractivity contribution < 1.29 is 9.90 Å². The van der Waals surface area contributed by atoms with Crippen LogP contribution in [0.2, 0.25) is 0 Å². The molecule has 0 heterocycles. The van der Waals surface area contributed by atoms with Crippen molar-refractivity contribution in [2.24, 2.45) is 0 Å². The van der Waals surface area contributed by atoms with Crippen molar-refractivity contribution in [2.45, 2.75) is 13.3 Å². The predicted octanol–water partition coefficient (Wildman–Crippen LogP) is 2.36. The Hall–Kier alpha value is -0.320. The van der Waals surface area contributed by atoms with Crippen LogP contribution in [0.25, 0.3) is 0 Å². The number of aliphatic carboxylic acids is 1.